The zero-order valence-corrected chi connectivity index (χ0v) is 16.3. The van der Waals surface area contributed by atoms with Gasteiger partial charge in [-0.15, -0.1) is 6.58 Å². The quantitative estimate of drug-likeness (QED) is 0.519. The third-order valence-electron chi connectivity index (χ3n) is 4.59. The predicted octanol–water partition coefficient (Wildman–Crippen LogP) is 2.00. The lowest BCUT2D eigenvalue weighted by molar-refractivity contribution is -0.125. The molecule has 7 nitrogen and oxygen atoms in total. The summed E-state index contributed by atoms with van der Waals surface area (Å²) >= 11 is 0. The van der Waals surface area contributed by atoms with Crippen LogP contribution >= 0.6 is 0 Å². The van der Waals surface area contributed by atoms with E-state index in [1.807, 2.05) is 0 Å². The molecule has 1 aliphatic carbocycles. The third-order valence-corrected chi connectivity index (χ3v) is 6.01. The Morgan fingerprint density at radius 1 is 1.30 bits per heavy atom. The summed E-state index contributed by atoms with van der Waals surface area (Å²) in [5.74, 6) is -0.690. The maximum atomic E-state index is 12.2. The van der Waals surface area contributed by atoms with E-state index >= 15 is 0 Å². The fourth-order valence-corrected chi connectivity index (χ4v) is 4.08. The van der Waals surface area contributed by atoms with E-state index in [-0.39, 0.29) is 29.0 Å². The fraction of sp³-hybridized carbons (Fsp3) is 0.474. The van der Waals surface area contributed by atoms with Crippen LogP contribution in [0.3, 0.4) is 0 Å². The SMILES string of the molecule is C=CCNS(=O)(=O)c1cccc(C(=O)OCC(=O)N[C@@H]2CCCC[C@@H]2C)c1. The highest BCUT2D eigenvalue weighted by Gasteiger charge is 2.23. The van der Waals surface area contributed by atoms with Gasteiger partial charge >= 0.3 is 5.97 Å². The monoisotopic (exact) mass is 394 g/mol. The molecule has 27 heavy (non-hydrogen) atoms. The van der Waals surface area contributed by atoms with E-state index in [1.165, 1.54) is 36.8 Å². The molecule has 1 aromatic carbocycles. The van der Waals surface area contributed by atoms with Crippen molar-refractivity contribution in [2.45, 2.75) is 43.5 Å². The lowest BCUT2D eigenvalue weighted by Crippen LogP contribution is -2.42. The van der Waals surface area contributed by atoms with E-state index < -0.39 is 22.6 Å². The molecule has 0 spiro atoms. The number of esters is 1. The first-order valence-electron chi connectivity index (χ1n) is 9.00. The highest BCUT2D eigenvalue weighted by Crippen LogP contribution is 2.23. The van der Waals surface area contributed by atoms with Crippen LogP contribution in [0.4, 0.5) is 0 Å². The molecule has 0 saturated heterocycles. The van der Waals surface area contributed by atoms with Gasteiger partial charge in [0.15, 0.2) is 6.61 Å². The molecule has 0 radical (unpaired) electrons. The average molecular weight is 394 g/mol. The van der Waals surface area contributed by atoms with Crippen LogP contribution in [0, 0.1) is 5.92 Å². The summed E-state index contributed by atoms with van der Waals surface area (Å²) in [6.45, 7) is 5.24. The maximum absolute atomic E-state index is 12.2. The number of rotatable bonds is 8. The summed E-state index contributed by atoms with van der Waals surface area (Å²) in [5.41, 5.74) is 0.0651. The Hall–Kier alpha value is -2.19. The van der Waals surface area contributed by atoms with Crippen LogP contribution in [-0.4, -0.2) is 39.5 Å². The molecule has 0 heterocycles. The highest BCUT2D eigenvalue weighted by molar-refractivity contribution is 7.89. The number of carbonyl (C=O) groups is 2. The number of ether oxygens (including phenoxy) is 1. The molecule has 1 fully saturated rings. The fourth-order valence-electron chi connectivity index (χ4n) is 3.04. The molecule has 8 heteroatoms. The predicted molar refractivity (Wildman–Crippen MR) is 102 cm³/mol. The van der Waals surface area contributed by atoms with Crippen molar-refractivity contribution < 1.29 is 22.7 Å². The van der Waals surface area contributed by atoms with Gasteiger partial charge in [0, 0.05) is 12.6 Å². The number of hydrogen-bond donors (Lipinski definition) is 2. The zero-order valence-electron chi connectivity index (χ0n) is 15.4. The van der Waals surface area contributed by atoms with E-state index in [0.717, 1.165) is 19.3 Å². The minimum Gasteiger partial charge on any atom is -0.452 e. The van der Waals surface area contributed by atoms with E-state index in [1.54, 1.807) is 0 Å². The molecule has 2 atom stereocenters. The lowest BCUT2D eigenvalue weighted by atomic mass is 9.86. The zero-order chi connectivity index (χ0) is 19.9. The first-order valence-corrected chi connectivity index (χ1v) is 10.5. The van der Waals surface area contributed by atoms with Gasteiger partial charge in [-0.3, -0.25) is 4.79 Å². The van der Waals surface area contributed by atoms with Crippen LogP contribution in [0.15, 0.2) is 41.8 Å². The van der Waals surface area contributed by atoms with Crippen LogP contribution in [0.1, 0.15) is 43.0 Å². The van der Waals surface area contributed by atoms with Crippen molar-refractivity contribution in [3.8, 4) is 0 Å². The van der Waals surface area contributed by atoms with Crippen molar-refractivity contribution in [2.24, 2.45) is 5.92 Å². The number of carbonyl (C=O) groups excluding carboxylic acids is 2. The van der Waals surface area contributed by atoms with Gasteiger partial charge in [0.25, 0.3) is 5.91 Å². The van der Waals surface area contributed by atoms with Crippen molar-refractivity contribution >= 4 is 21.9 Å². The standard InChI is InChI=1S/C19H26N2O5S/c1-3-11-20-27(24,25)16-9-6-8-15(12-16)19(23)26-13-18(22)21-17-10-5-4-7-14(17)2/h3,6,8-9,12,14,17,20H,1,4-5,7,10-11,13H2,2H3,(H,21,22)/t14-,17+/m0/s1. The Bertz CT molecular complexity index is 791. The van der Waals surface area contributed by atoms with Gasteiger partial charge in [0.2, 0.25) is 10.0 Å². The Balaban J connectivity index is 1.93. The molecule has 1 aliphatic rings. The minimum absolute atomic E-state index is 0.0562. The molecular formula is C19H26N2O5S. The van der Waals surface area contributed by atoms with Gasteiger partial charge in [-0.05, 0) is 37.0 Å². The summed E-state index contributed by atoms with van der Waals surface area (Å²) in [5, 5.41) is 2.90. The maximum Gasteiger partial charge on any atom is 0.338 e. The average Bonchev–Trinajstić information content (AvgIpc) is 2.66. The Kier molecular flexibility index (Phi) is 7.55. The first kappa shape index (κ1) is 21.1. The second-order valence-corrected chi connectivity index (χ2v) is 8.45. The van der Waals surface area contributed by atoms with Crippen LogP contribution in [0.2, 0.25) is 0 Å². The summed E-state index contributed by atoms with van der Waals surface area (Å²) < 4.78 is 31.6. The van der Waals surface area contributed by atoms with Crippen molar-refractivity contribution in [1.82, 2.24) is 10.0 Å². The first-order chi connectivity index (χ1) is 12.8. The second kappa shape index (κ2) is 9.66. The Morgan fingerprint density at radius 3 is 2.74 bits per heavy atom. The molecule has 148 valence electrons. The molecular weight excluding hydrogens is 368 g/mol. The molecule has 0 aromatic heterocycles. The van der Waals surface area contributed by atoms with Crippen molar-refractivity contribution in [1.29, 1.82) is 0 Å². The van der Waals surface area contributed by atoms with Crippen LogP contribution < -0.4 is 10.0 Å². The summed E-state index contributed by atoms with van der Waals surface area (Å²) in [7, 11) is -3.74. The highest BCUT2D eigenvalue weighted by atomic mass is 32.2. The van der Waals surface area contributed by atoms with E-state index in [4.69, 9.17) is 4.74 Å². The van der Waals surface area contributed by atoms with Gasteiger partial charge < -0.3 is 10.1 Å². The minimum atomic E-state index is -3.74. The van der Waals surface area contributed by atoms with Crippen molar-refractivity contribution in [2.75, 3.05) is 13.2 Å². The molecule has 0 aliphatic heterocycles. The number of nitrogens with one attached hydrogen (secondary N) is 2. The molecule has 1 aromatic rings. The Morgan fingerprint density at radius 2 is 2.04 bits per heavy atom. The van der Waals surface area contributed by atoms with Crippen LogP contribution in [0.5, 0.6) is 0 Å². The van der Waals surface area contributed by atoms with E-state index in [2.05, 4.69) is 23.5 Å². The molecule has 2 rings (SSSR count). The van der Waals surface area contributed by atoms with E-state index in [0.29, 0.717) is 5.92 Å². The van der Waals surface area contributed by atoms with Gasteiger partial charge in [0.1, 0.15) is 0 Å². The number of hydrogen-bond acceptors (Lipinski definition) is 5. The van der Waals surface area contributed by atoms with Gasteiger partial charge in [-0.1, -0.05) is 31.9 Å². The van der Waals surface area contributed by atoms with Gasteiger partial charge in [0.05, 0.1) is 10.5 Å². The Labute approximate surface area is 160 Å². The van der Waals surface area contributed by atoms with Crippen molar-refractivity contribution in [3.63, 3.8) is 0 Å². The van der Waals surface area contributed by atoms with Crippen LogP contribution in [-0.2, 0) is 19.6 Å². The molecule has 0 bridgehead atoms. The summed E-state index contributed by atoms with van der Waals surface area (Å²) in [6, 6.07) is 5.59. The normalized spacial score (nSPS) is 19.9. The summed E-state index contributed by atoms with van der Waals surface area (Å²) in [4.78, 5) is 24.1. The largest absolute Gasteiger partial charge is 0.452 e. The number of sulfonamides is 1. The van der Waals surface area contributed by atoms with Gasteiger partial charge in [-0.2, -0.15) is 0 Å². The smallest absolute Gasteiger partial charge is 0.338 e. The molecule has 2 N–H and O–H groups in total. The van der Waals surface area contributed by atoms with Gasteiger partial charge in [-0.25, -0.2) is 17.9 Å². The molecule has 0 unspecified atom stereocenters. The van der Waals surface area contributed by atoms with E-state index in [9.17, 15) is 18.0 Å². The lowest BCUT2D eigenvalue weighted by Gasteiger charge is -2.29. The second-order valence-electron chi connectivity index (χ2n) is 6.68. The molecule has 1 amide bonds. The molecule has 1 saturated carbocycles. The number of amides is 1. The topological polar surface area (TPSA) is 102 Å². The summed E-state index contributed by atoms with van der Waals surface area (Å²) in [6.07, 6.45) is 5.67. The third kappa shape index (κ3) is 6.18. The van der Waals surface area contributed by atoms with Crippen LogP contribution in [0.25, 0.3) is 0 Å². The van der Waals surface area contributed by atoms with Crippen molar-refractivity contribution in [3.05, 3.63) is 42.5 Å². The number of benzene rings is 1.